The van der Waals surface area contributed by atoms with Gasteiger partial charge < -0.3 is 0 Å². The number of ketones is 1. The van der Waals surface area contributed by atoms with E-state index < -0.39 is 15.1 Å². The number of halogens is 1. The quantitative estimate of drug-likeness (QED) is 0.836. The molecule has 88 valence electrons. The first-order valence-electron chi connectivity index (χ1n) is 4.83. The monoisotopic (exact) mass is 260 g/mol. The van der Waals surface area contributed by atoms with Crippen molar-refractivity contribution in [2.75, 3.05) is 0 Å². The van der Waals surface area contributed by atoms with Crippen molar-refractivity contribution in [1.82, 2.24) is 0 Å². The minimum Gasteiger partial charge on any atom is -0.300 e. The summed E-state index contributed by atoms with van der Waals surface area (Å²) in [5, 5.41) is -0.348. The minimum atomic E-state index is -3.46. The zero-order chi connectivity index (χ0) is 12.3. The molecule has 1 aromatic rings. The maximum absolute atomic E-state index is 12.0. The number of Topliss-reactive ketones (excluding diaryl/α,β-unsaturated/α-hetero) is 1. The molecule has 0 aromatic heterocycles. The van der Waals surface area contributed by atoms with Gasteiger partial charge in [-0.05, 0) is 32.0 Å². The van der Waals surface area contributed by atoms with Crippen LogP contribution in [0.2, 0.25) is 5.02 Å². The fourth-order valence-corrected chi connectivity index (χ4v) is 3.12. The molecule has 0 bridgehead atoms. The van der Waals surface area contributed by atoms with Crippen molar-refractivity contribution < 1.29 is 13.2 Å². The van der Waals surface area contributed by atoms with Crippen molar-refractivity contribution in [2.24, 2.45) is 0 Å². The summed E-state index contributed by atoms with van der Waals surface area (Å²) in [6.07, 6.45) is 0.0227. The standard InChI is InChI=1S/C11H13ClO3S/c1-8(13)6-9(2)16(14,15)11-5-3-4-10(12)7-11/h3-5,7,9H,6H2,1-2H3. The average molecular weight is 261 g/mol. The summed E-state index contributed by atoms with van der Waals surface area (Å²) in [6.45, 7) is 2.90. The van der Waals surface area contributed by atoms with E-state index in [1.807, 2.05) is 0 Å². The van der Waals surface area contributed by atoms with Crippen LogP contribution in [-0.2, 0) is 14.6 Å². The predicted octanol–water partition coefficient (Wildman–Crippen LogP) is 2.48. The molecule has 1 aromatic carbocycles. The first kappa shape index (κ1) is 13.2. The molecule has 0 aliphatic heterocycles. The highest BCUT2D eigenvalue weighted by Gasteiger charge is 2.24. The van der Waals surface area contributed by atoms with Crippen molar-refractivity contribution in [3.63, 3.8) is 0 Å². The van der Waals surface area contributed by atoms with Crippen molar-refractivity contribution in [1.29, 1.82) is 0 Å². The Labute approximate surface area is 100 Å². The summed E-state index contributed by atoms with van der Waals surface area (Å²) < 4.78 is 24.0. The van der Waals surface area contributed by atoms with Crippen LogP contribution in [0.15, 0.2) is 29.2 Å². The van der Waals surface area contributed by atoms with Crippen molar-refractivity contribution in [3.8, 4) is 0 Å². The molecule has 1 atom stereocenters. The maximum atomic E-state index is 12.0. The Bertz CT molecular complexity index is 494. The Balaban J connectivity index is 3.07. The number of carbonyl (C=O) groups excluding carboxylic acids is 1. The molecule has 0 heterocycles. The molecule has 0 fully saturated rings. The van der Waals surface area contributed by atoms with Gasteiger partial charge in [0, 0.05) is 11.4 Å². The van der Waals surface area contributed by atoms with E-state index in [9.17, 15) is 13.2 Å². The van der Waals surface area contributed by atoms with Crippen LogP contribution in [0.1, 0.15) is 20.3 Å². The van der Waals surface area contributed by atoms with Crippen LogP contribution in [0.4, 0.5) is 0 Å². The highest BCUT2D eigenvalue weighted by Crippen LogP contribution is 2.21. The molecule has 0 spiro atoms. The summed E-state index contributed by atoms with van der Waals surface area (Å²) in [7, 11) is -3.46. The number of sulfone groups is 1. The molecule has 0 aliphatic carbocycles. The van der Waals surface area contributed by atoms with Crippen molar-refractivity contribution in [3.05, 3.63) is 29.3 Å². The van der Waals surface area contributed by atoms with Gasteiger partial charge in [-0.15, -0.1) is 0 Å². The number of hydrogen-bond acceptors (Lipinski definition) is 3. The van der Waals surface area contributed by atoms with E-state index in [0.29, 0.717) is 5.02 Å². The Hall–Kier alpha value is -0.870. The lowest BCUT2D eigenvalue weighted by Gasteiger charge is -2.11. The Morgan fingerprint density at radius 3 is 2.56 bits per heavy atom. The zero-order valence-electron chi connectivity index (χ0n) is 9.10. The van der Waals surface area contributed by atoms with Crippen molar-refractivity contribution >= 4 is 27.2 Å². The summed E-state index contributed by atoms with van der Waals surface area (Å²) >= 11 is 5.73. The second kappa shape index (κ2) is 4.97. The maximum Gasteiger partial charge on any atom is 0.181 e. The van der Waals surface area contributed by atoms with Crippen molar-refractivity contribution in [2.45, 2.75) is 30.4 Å². The van der Waals surface area contributed by atoms with Crippen LogP contribution in [0, 0.1) is 0 Å². The first-order chi connectivity index (χ1) is 7.34. The van der Waals surface area contributed by atoms with Gasteiger partial charge in [0.25, 0.3) is 0 Å². The van der Waals surface area contributed by atoms with Crippen LogP contribution in [0.25, 0.3) is 0 Å². The summed E-state index contributed by atoms with van der Waals surface area (Å²) in [5.74, 6) is -0.141. The molecule has 0 saturated heterocycles. The third kappa shape index (κ3) is 3.06. The lowest BCUT2D eigenvalue weighted by molar-refractivity contribution is -0.116. The Morgan fingerprint density at radius 1 is 1.44 bits per heavy atom. The Kier molecular flexibility index (Phi) is 4.10. The van der Waals surface area contributed by atoms with E-state index >= 15 is 0 Å². The highest BCUT2D eigenvalue weighted by atomic mass is 35.5. The molecular weight excluding hydrogens is 248 g/mol. The fraction of sp³-hybridized carbons (Fsp3) is 0.364. The SMILES string of the molecule is CC(=O)CC(C)S(=O)(=O)c1cccc(Cl)c1. The zero-order valence-corrected chi connectivity index (χ0v) is 10.7. The molecule has 3 nitrogen and oxygen atoms in total. The van der Waals surface area contributed by atoms with Crippen LogP contribution in [0.5, 0.6) is 0 Å². The largest absolute Gasteiger partial charge is 0.300 e. The minimum absolute atomic E-state index is 0.0227. The van der Waals surface area contributed by atoms with E-state index in [0.717, 1.165) is 0 Å². The number of carbonyl (C=O) groups is 1. The summed E-state index contributed by atoms with van der Waals surface area (Å²) in [4.78, 5) is 11.1. The number of hydrogen-bond donors (Lipinski definition) is 0. The van der Waals surface area contributed by atoms with E-state index in [-0.39, 0.29) is 17.1 Å². The fourth-order valence-electron chi connectivity index (χ4n) is 1.39. The Morgan fingerprint density at radius 2 is 2.06 bits per heavy atom. The molecule has 0 N–H and O–H groups in total. The average Bonchev–Trinajstić information content (AvgIpc) is 2.16. The topological polar surface area (TPSA) is 51.2 Å². The smallest absolute Gasteiger partial charge is 0.181 e. The van der Waals surface area contributed by atoms with Gasteiger partial charge in [0.1, 0.15) is 5.78 Å². The van der Waals surface area contributed by atoms with E-state index in [1.54, 1.807) is 12.1 Å². The summed E-state index contributed by atoms with van der Waals surface area (Å²) in [6, 6.07) is 6.07. The van der Waals surface area contributed by atoms with E-state index in [4.69, 9.17) is 11.6 Å². The van der Waals surface area contributed by atoms with Crippen LogP contribution >= 0.6 is 11.6 Å². The first-order valence-corrected chi connectivity index (χ1v) is 6.75. The molecular formula is C11H13ClO3S. The van der Waals surface area contributed by atoms with Gasteiger partial charge in [0.2, 0.25) is 0 Å². The lowest BCUT2D eigenvalue weighted by atomic mass is 10.2. The third-order valence-corrected chi connectivity index (χ3v) is 4.60. The van der Waals surface area contributed by atoms with Crippen LogP contribution in [0.3, 0.4) is 0 Å². The number of benzene rings is 1. The van der Waals surface area contributed by atoms with Gasteiger partial charge >= 0.3 is 0 Å². The third-order valence-electron chi connectivity index (χ3n) is 2.23. The molecule has 5 heteroatoms. The van der Waals surface area contributed by atoms with Gasteiger partial charge in [0.15, 0.2) is 9.84 Å². The van der Waals surface area contributed by atoms with Gasteiger partial charge in [0.05, 0.1) is 10.1 Å². The van der Waals surface area contributed by atoms with Gasteiger partial charge in [-0.1, -0.05) is 17.7 Å². The molecule has 0 aliphatic rings. The van der Waals surface area contributed by atoms with Crippen LogP contribution in [-0.4, -0.2) is 19.5 Å². The van der Waals surface area contributed by atoms with E-state index in [1.165, 1.54) is 26.0 Å². The molecule has 16 heavy (non-hydrogen) atoms. The number of rotatable bonds is 4. The summed E-state index contributed by atoms with van der Waals surface area (Å²) in [5.41, 5.74) is 0. The highest BCUT2D eigenvalue weighted by molar-refractivity contribution is 7.92. The van der Waals surface area contributed by atoms with Gasteiger partial charge in [-0.25, -0.2) is 8.42 Å². The molecule has 0 saturated carbocycles. The molecule has 1 rings (SSSR count). The van der Waals surface area contributed by atoms with Crippen LogP contribution < -0.4 is 0 Å². The normalized spacial score (nSPS) is 13.4. The second-order valence-electron chi connectivity index (χ2n) is 3.72. The van der Waals surface area contributed by atoms with Gasteiger partial charge in [-0.3, -0.25) is 4.79 Å². The predicted molar refractivity (Wildman–Crippen MR) is 63.4 cm³/mol. The second-order valence-corrected chi connectivity index (χ2v) is 6.52. The molecule has 0 radical (unpaired) electrons. The lowest BCUT2D eigenvalue weighted by Crippen LogP contribution is -2.20. The molecule has 1 unspecified atom stereocenters. The van der Waals surface area contributed by atoms with Gasteiger partial charge in [-0.2, -0.15) is 0 Å². The van der Waals surface area contributed by atoms with E-state index in [2.05, 4.69) is 0 Å². The molecule has 0 amide bonds.